The lowest BCUT2D eigenvalue weighted by Crippen LogP contribution is -2.15. The van der Waals surface area contributed by atoms with Crippen molar-refractivity contribution in [1.82, 2.24) is 5.32 Å². The Morgan fingerprint density at radius 2 is 1.91 bits per heavy atom. The second-order valence-corrected chi connectivity index (χ2v) is 7.77. The Kier molecular flexibility index (Phi) is 13.4. The van der Waals surface area contributed by atoms with Gasteiger partial charge in [0.25, 0.3) is 0 Å². The second kappa shape index (κ2) is 15.8. The van der Waals surface area contributed by atoms with Crippen LogP contribution in [0.1, 0.15) is 71.5 Å². The number of allylic oxidation sites excluding steroid dienone is 4. The first-order valence-corrected chi connectivity index (χ1v) is 11.2. The number of methoxy groups -OCH3 is 1. The van der Waals surface area contributed by atoms with E-state index in [0.717, 1.165) is 12.0 Å². The van der Waals surface area contributed by atoms with Gasteiger partial charge in [-0.15, -0.1) is 0 Å². The summed E-state index contributed by atoms with van der Waals surface area (Å²) in [5, 5.41) is 12.6. The molecule has 0 unspecified atom stereocenters. The fourth-order valence-electron chi connectivity index (χ4n) is 2.87. The van der Waals surface area contributed by atoms with Crippen molar-refractivity contribution in [3.63, 3.8) is 0 Å². The van der Waals surface area contributed by atoms with Gasteiger partial charge in [0.15, 0.2) is 5.75 Å². The predicted octanol–water partition coefficient (Wildman–Crippen LogP) is 5.78. The summed E-state index contributed by atoms with van der Waals surface area (Å²) in [6, 6.07) is 1.41. The highest BCUT2D eigenvalue weighted by molar-refractivity contribution is 5.68. The van der Waals surface area contributed by atoms with Gasteiger partial charge in [-0.1, -0.05) is 50.0 Å². The minimum Gasteiger partial charge on any atom is -0.504 e. The summed E-state index contributed by atoms with van der Waals surface area (Å²) < 4.78 is 15.2. The Labute approximate surface area is 190 Å². The summed E-state index contributed by atoms with van der Waals surface area (Å²) in [6.45, 7) is 6.42. The normalized spacial score (nSPS) is 12.2. The van der Waals surface area contributed by atoms with Crippen molar-refractivity contribution in [2.75, 3.05) is 13.7 Å². The van der Waals surface area contributed by atoms with Crippen molar-refractivity contribution in [2.45, 2.75) is 72.1 Å². The van der Waals surface area contributed by atoms with Crippen molar-refractivity contribution < 1.29 is 23.8 Å². The van der Waals surface area contributed by atoms with Crippen LogP contribution in [-0.2, 0) is 11.2 Å². The molecule has 0 aromatic carbocycles. The minimum absolute atomic E-state index is 0.177. The van der Waals surface area contributed by atoms with Gasteiger partial charge in [0, 0.05) is 18.7 Å². The highest BCUT2D eigenvalue weighted by Crippen LogP contribution is 2.23. The van der Waals surface area contributed by atoms with Gasteiger partial charge in [-0.2, -0.15) is 0 Å². The van der Waals surface area contributed by atoms with Crippen LogP contribution < -0.4 is 15.7 Å². The zero-order valence-corrected chi connectivity index (χ0v) is 19.7. The molecular formula is C25H37NO6. The SMILES string of the molecule is CCCCCC/C(C)=C/C=C(\C)COc1c(O)cc(CCC/C=C/NC(=O)OC)oc1=O. The Hall–Kier alpha value is -2.96. The molecule has 32 heavy (non-hydrogen) atoms. The molecule has 0 radical (unpaired) electrons. The average Bonchev–Trinajstić information content (AvgIpc) is 2.76. The fourth-order valence-corrected chi connectivity index (χ4v) is 2.87. The van der Waals surface area contributed by atoms with E-state index < -0.39 is 11.7 Å². The number of nitrogens with one attached hydrogen (secondary N) is 1. The highest BCUT2D eigenvalue weighted by Gasteiger charge is 2.12. The molecule has 0 spiro atoms. The molecule has 0 atom stereocenters. The molecule has 0 saturated heterocycles. The molecule has 7 heteroatoms. The molecule has 0 fully saturated rings. The van der Waals surface area contributed by atoms with E-state index in [9.17, 15) is 14.7 Å². The number of rotatable bonds is 14. The molecule has 1 heterocycles. The molecule has 2 N–H and O–H groups in total. The minimum atomic E-state index is -0.696. The summed E-state index contributed by atoms with van der Waals surface area (Å²) in [4.78, 5) is 23.1. The zero-order chi connectivity index (χ0) is 23.8. The van der Waals surface area contributed by atoms with Gasteiger partial charge in [0.1, 0.15) is 12.4 Å². The molecule has 178 valence electrons. The third-order valence-electron chi connectivity index (χ3n) is 4.76. The smallest absolute Gasteiger partial charge is 0.410 e. The van der Waals surface area contributed by atoms with Crippen molar-refractivity contribution >= 4 is 6.09 Å². The van der Waals surface area contributed by atoms with Gasteiger partial charge < -0.3 is 19.0 Å². The van der Waals surface area contributed by atoms with Gasteiger partial charge in [-0.3, -0.25) is 5.32 Å². The van der Waals surface area contributed by atoms with Crippen LogP contribution in [0.4, 0.5) is 4.79 Å². The summed E-state index contributed by atoms with van der Waals surface area (Å²) in [5.41, 5.74) is 1.55. The molecule has 0 saturated carbocycles. The largest absolute Gasteiger partial charge is 0.504 e. The van der Waals surface area contributed by atoms with Crippen LogP contribution >= 0.6 is 0 Å². The number of ether oxygens (including phenoxy) is 2. The van der Waals surface area contributed by atoms with Gasteiger partial charge in [-0.25, -0.2) is 9.59 Å². The number of aromatic hydroxyl groups is 1. The van der Waals surface area contributed by atoms with E-state index in [-0.39, 0.29) is 18.1 Å². The molecule has 1 aromatic heterocycles. The van der Waals surface area contributed by atoms with Crippen molar-refractivity contribution in [1.29, 1.82) is 0 Å². The van der Waals surface area contributed by atoms with Crippen LogP contribution in [0.3, 0.4) is 0 Å². The van der Waals surface area contributed by atoms with Crippen LogP contribution in [0, 0.1) is 0 Å². The lowest BCUT2D eigenvalue weighted by Gasteiger charge is -2.08. The lowest BCUT2D eigenvalue weighted by molar-refractivity contribution is 0.175. The molecule has 0 aliphatic heterocycles. The third-order valence-corrected chi connectivity index (χ3v) is 4.76. The van der Waals surface area contributed by atoms with Gasteiger partial charge >= 0.3 is 11.7 Å². The topological polar surface area (TPSA) is 98.0 Å². The molecule has 0 bridgehead atoms. The van der Waals surface area contributed by atoms with E-state index in [1.807, 2.05) is 13.0 Å². The Morgan fingerprint density at radius 1 is 1.16 bits per heavy atom. The maximum Gasteiger partial charge on any atom is 0.410 e. The molecule has 0 aliphatic carbocycles. The Morgan fingerprint density at radius 3 is 2.59 bits per heavy atom. The number of carbonyl (C=O) groups is 1. The van der Waals surface area contributed by atoms with Crippen molar-refractivity contribution in [2.24, 2.45) is 0 Å². The van der Waals surface area contributed by atoms with E-state index in [1.54, 1.807) is 6.08 Å². The maximum atomic E-state index is 12.2. The van der Waals surface area contributed by atoms with E-state index >= 15 is 0 Å². The highest BCUT2D eigenvalue weighted by atomic mass is 16.5. The van der Waals surface area contributed by atoms with Crippen LogP contribution in [0.2, 0.25) is 0 Å². The number of hydrogen-bond donors (Lipinski definition) is 2. The Balaban J connectivity index is 2.52. The summed E-state index contributed by atoms with van der Waals surface area (Å²) in [5.74, 6) is -0.0263. The van der Waals surface area contributed by atoms with E-state index in [0.29, 0.717) is 25.0 Å². The van der Waals surface area contributed by atoms with E-state index in [4.69, 9.17) is 9.15 Å². The van der Waals surface area contributed by atoms with E-state index in [1.165, 1.54) is 50.6 Å². The van der Waals surface area contributed by atoms with Crippen LogP contribution in [0.15, 0.2) is 50.9 Å². The number of hydrogen-bond acceptors (Lipinski definition) is 6. The fraction of sp³-hybridized carbons (Fsp3) is 0.520. The Bertz CT molecular complexity index is 850. The number of aryl methyl sites for hydroxylation is 1. The van der Waals surface area contributed by atoms with Crippen LogP contribution in [0.5, 0.6) is 11.5 Å². The summed E-state index contributed by atoms with van der Waals surface area (Å²) in [7, 11) is 1.29. The quantitative estimate of drug-likeness (QED) is 0.277. The van der Waals surface area contributed by atoms with Crippen LogP contribution in [0.25, 0.3) is 0 Å². The number of amides is 1. The molecule has 1 amide bonds. The standard InChI is InChI=1S/C25H37NO6/c1-5-6-7-9-12-19(2)14-15-20(3)18-31-23-22(27)17-21(32-24(23)28)13-10-8-11-16-26-25(29)30-4/h11,14-17,27H,5-10,12-13,18H2,1-4H3,(H,26,29)/b16-11+,19-14+,20-15+. The monoisotopic (exact) mass is 447 g/mol. The van der Waals surface area contributed by atoms with Crippen LogP contribution in [-0.4, -0.2) is 24.9 Å². The number of unbranched alkanes of at least 4 members (excludes halogenated alkanes) is 4. The summed E-state index contributed by atoms with van der Waals surface area (Å²) >= 11 is 0. The number of carbonyl (C=O) groups excluding carboxylic acids is 1. The summed E-state index contributed by atoms with van der Waals surface area (Å²) in [6.07, 6.45) is 14.6. The van der Waals surface area contributed by atoms with Gasteiger partial charge in [-0.05, 0) is 45.1 Å². The first-order valence-electron chi connectivity index (χ1n) is 11.2. The lowest BCUT2D eigenvalue weighted by atomic mass is 10.1. The second-order valence-electron chi connectivity index (χ2n) is 7.77. The van der Waals surface area contributed by atoms with Crippen molar-refractivity contribution in [3.05, 3.63) is 57.8 Å². The molecule has 1 rings (SSSR count). The molecular weight excluding hydrogens is 410 g/mol. The number of alkyl carbamates (subject to hydrolysis) is 1. The van der Waals surface area contributed by atoms with Crippen molar-refractivity contribution in [3.8, 4) is 11.5 Å². The molecule has 1 aromatic rings. The maximum absolute atomic E-state index is 12.2. The first kappa shape index (κ1) is 27.1. The van der Waals surface area contributed by atoms with Gasteiger partial charge in [0.2, 0.25) is 5.75 Å². The predicted molar refractivity (Wildman–Crippen MR) is 126 cm³/mol. The zero-order valence-electron chi connectivity index (χ0n) is 19.7. The molecule has 0 aliphatic rings. The average molecular weight is 448 g/mol. The molecule has 7 nitrogen and oxygen atoms in total. The van der Waals surface area contributed by atoms with E-state index in [2.05, 4.69) is 30.0 Å². The van der Waals surface area contributed by atoms with Gasteiger partial charge in [0.05, 0.1) is 7.11 Å². The first-order chi connectivity index (χ1) is 15.4. The third kappa shape index (κ3) is 11.4.